The molecule has 19 heavy (non-hydrogen) atoms. The summed E-state index contributed by atoms with van der Waals surface area (Å²) in [6, 6.07) is 1.97. The maximum atomic E-state index is 4.74. The van der Waals surface area contributed by atoms with Gasteiger partial charge in [-0.25, -0.2) is 9.97 Å². The predicted octanol–water partition coefficient (Wildman–Crippen LogP) is 1.48. The van der Waals surface area contributed by atoms with Gasteiger partial charge in [0.1, 0.15) is 5.69 Å². The average molecular weight is 257 g/mol. The molecule has 0 aliphatic carbocycles. The molecular formula is C14H19N5. The van der Waals surface area contributed by atoms with Crippen molar-refractivity contribution in [2.45, 2.75) is 32.7 Å². The Labute approximate surface area is 113 Å². The first-order chi connectivity index (χ1) is 9.28. The van der Waals surface area contributed by atoms with Crippen molar-refractivity contribution in [1.29, 1.82) is 0 Å². The fraction of sp³-hybridized carbons (Fsp3) is 0.500. The quantitative estimate of drug-likeness (QED) is 0.905. The molecule has 3 heterocycles. The zero-order valence-corrected chi connectivity index (χ0v) is 11.5. The Kier molecular flexibility index (Phi) is 3.29. The lowest BCUT2D eigenvalue weighted by Gasteiger charge is -2.19. The minimum Gasteiger partial charge on any atom is -0.311 e. The van der Waals surface area contributed by atoms with E-state index >= 15 is 0 Å². The standard InChI is InChI=1S/C14H19N5/c1-3-4-11-10-5-7-15-9-13(10)17-14(16-11)12-6-8-19(2)18-12/h6,8,15H,3-5,7,9H2,1-2H3. The maximum absolute atomic E-state index is 4.74. The molecule has 1 N–H and O–H groups in total. The van der Waals surface area contributed by atoms with Crippen molar-refractivity contribution in [2.24, 2.45) is 7.05 Å². The number of fused-ring (bicyclic) bond motifs is 1. The van der Waals surface area contributed by atoms with Crippen molar-refractivity contribution in [3.63, 3.8) is 0 Å². The highest BCUT2D eigenvalue weighted by molar-refractivity contribution is 5.50. The van der Waals surface area contributed by atoms with E-state index in [9.17, 15) is 0 Å². The SMILES string of the molecule is CCCc1nc(-c2ccn(C)n2)nc2c1CCNC2. The molecule has 2 aromatic heterocycles. The third-order valence-electron chi connectivity index (χ3n) is 3.45. The van der Waals surface area contributed by atoms with E-state index in [0.717, 1.165) is 49.6 Å². The molecule has 0 unspecified atom stereocenters. The van der Waals surface area contributed by atoms with Crippen molar-refractivity contribution in [3.05, 3.63) is 29.2 Å². The summed E-state index contributed by atoms with van der Waals surface area (Å²) >= 11 is 0. The third-order valence-corrected chi connectivity index (χ3v) is 3.45. The van der Waals surface area contributed by atoms with Gasteiger partial charge in [0.05, 0.1) is 5.69 Å². The second kappa shape index (κ2) is 5.09. The number of rotatable bonds is 3. The highest BCUT2D eigenvalue weighted by Gasteiger charge is 2.18. The molecule has 100 valence electrons. The molecule has 0 aromatic carbocycles. The molecule has 1 aliphatic rings. The monoisotopic (exact) mass is 257 g/mol. The fourth-order valence-electron chi connectivity index (χ4n) is 2.53. The molecule has 1 aliphatic heterocycles. The highest BCUT2D eigenvalue weighted by atomic mass is 15.3. The molecule has 3 rings (SSSR count). The van der Waals surface area contributed by atoms with Gasteiger partial charge in [0.2, 0.25) is 0 Å². The van der Waals surface area contributed by atoms with Gasteiger partial charge in [-0.2, -0.15) is 5.10 Å². The highest BCUT2D eigenvalue weighted by Crippen LogP contribution is 2.21. The Morgan fingerprint density at radius 3 is 3.00 bits per heavy atom. The molecule has 0 saturated heterocycles. The lowest BCUT2D eigenvalue weighted by molar-refractivity contribution is 0.614. The molecule has 0 amide bonds. The molecule has 2 aromatic rings. The largest absolute Gasteiger partial charge is 0.311 e. The van der Waals surface area contributed by atoms with Crippen molar-refractivity contribution < 1.29 is 0 Å². The molecule has 0 spiro atoms. The van der Waals surface area contributed by atoms with Crippen LogP contribution in [-0.4, -0.2) is 26.3 Å². The van der Waals surface area contributed by atoms with Crippen LogP contribution in [0.5, 0.6) is 0 Å². The van der Waals surface area contributed by atoms with Crippen LogP contribution in [0, 0.1) is 0 Å². The van der Waals surface area contributed by atoms with Crippen LogP contribution in [0.4, 0.5) is 0 Å². The van der Waals surface area contributed by atoms with Crippen LogP contribution < -0.4 is 5.32 Å². The first kappa shape index (κ1) is 12.3. The van der Waals surface area contributed by atoms with Crippen LogP contribution in [0.1, 0.15) is 30.3 Å². The van der Waals surface area contributed by atoms with Crippen molar-refractivity contribution in [3.8, 4) is 11.5 Å². The van der Waals surface area contributed by atoms with Crippen molar-refractivity contribution >= 4 is 0 Å². The van der Waals surface area contributed by atoms with E-state index in [1.54, 1.807) is 4.68 Å². The lowest BCUT2D eigenvalue weighted by Crippen LogP contribution is -2.26. The van der Waals surface area contributed by atoms with Crippen LogP contribution in [-0.2, 0) is 26.4 Å². The summed E-state index contributed by atoms with van der Waals surface area (Å²) in [6.45, 7) is 4.06. The zero-order valence-electron chi connectivity index (χ0n) is 11.5. The second-order valence-electron chi connectivity index (χ2n) is 4.97. The van der Waals surface area contributed by atoms with E-state index < -0.39 is 0 Å². The molecule has 0 saturated carbocycles. The van der Waals surface area contributed by atoms with E-state index in [-0.39, 0.29) is 0 Å². The minimum absolute atomic E-state index is 0.756. The Hall–Kier alpha value is -1.75. The van der Waals surface area contributed by atoms with Gasteiger partial charge in [0.15, 0.2) is 5.82 Å². The van der Waals surface area contributed by atoms with Crippen LogP contribution >= 0.6 is 0 Å². The summed E-state index contributed by atoms with van der Waals surface area (Å²) in [4.78, 5) is 9.43. The second-order valence-corrected chi connectivity index (χ2v) is 4.97. The van der Waals surface area contributed by atoms with Gasteiger partial charge in [0.25, 0.3) is 0 Å². The third kappa shape index (κ3) is 2.38. The topological polar surface area (TPSA) is 55.6 Å². The van der Waals surface area contributed by atoms with Crippen LogP contribution in [0.2, 0.25) is 0 Å². The molecule has 0 fully saturated rings. The molecule has 5 nitrogen and oxygen atoms in total. The normalized spacial score (nSPS) is 14.4. The Balaban J connectivity index is 2.08. The van der Waals surface area contributed by atoms with Gasteiger partial charge >= 0.3 is 0 Å². The molecule has 5 heteroatoms. The molecule has 0 bridgehead atoms. The first-order valence-electron chi connectivity index (χ1n) is 6.87. The number of hydrogen-bond donors (Lipinski definition) is 1. The van der Waals surface area contributed by atoms with Gasteiger partial charge in [-0.3, -0.25) is 4.68 Å². The summed E-state index contributed by atoms with van der Waals surface area (Å²) in [7, 11) is 1.91. The number of aryl methyl sites for hydroxylation is 2. The maximum Gasteiger partial charge on any atom is 0.180 e. The van der Waals surface area contributed by atoms with Crippen molar-refractivity contribution in [2.75, 3.05) is 6.54 Å². The summed E-state index contributed by atoms with van der Waals surface area (Å²) < 4.78 is 1.79. The van der Waals surface area contributed by atoms with E-state index in [1.165, 1.54) is 11.3 Å². The number of nitrogens with one attached hydrogen (secondary N) is 1. The minimum atomic E-state index is 0.756. The zero-order chi connectivity index (χ0) is 13.2. The van der Waals surface area contributed by atoms with E-state index in [4.69, 9.17) is 9.97 Å². The summed E-state index contributed by atoms with van der Waals surface area (Å²) in [5, 5.41) is 7.78. The molecule has 0 atom stereocenters. The van der Waals surface area contributed by atoms with Gasteiger partial charge in [-0.15, -0.1) is 0 Å². The van der Waals surface area contributed by atoms with Crippen LogP contribution in [0.25, 0.3) is 11.5 Å². The van der Waals surface area contributed by atoms with E-state index in [0.29, 0.717) is 0 Å². The average Bonchev–Trinajstić information content (AvgIpc) is 2.86. The van der Waals surface area contributed by atoms with Gasteiger partial charge < -0.3 is 5.32 Å². The fourth-order valence-corrected chi connectivity index (χ4v) is 2.53. The first-order valence-corrected chi connectivity index (χ1v) is 6.87. The number of hydrogen-bond acceptors (Lipinski definition) is 4. The summed E-state index contributed by atoms with van der Waals surface area (Å²) in [5.41, 5.74) is 4.55. The Bertz CT molecular complexity index is 588. The Morgan fingerprint density at radius 1 is 1.37 bits per heavy atom. The molecule has 0 radical (unpaired) electrons. The van der Waals surface area contributed by atoms with Gasteiger partial charge in [0, 0.05) is 25.5 Å². The summed E-state index contributed by atoms with van der Waals surface area (Å²) in [6.07, 6.45) is 5.09. The molecular weight excluding hydrogens is 238 g/mol. The van der Waals surface area contributed by atoms with Crippen molar-refractivity contribution in [1.82, 2.24) is 25.1 Å². The van der Waals surface area contributed by atoms with Gasteiger partial charge in [-0.1, -0.05) is 13.3 Å². The number of nitrogens with zero attached hydrogens (tertiary/aromatic N) is 4. The smallest absolute Gasteiger partial charge is 0.180 e. The van der Waals surface area contributed by atoms with E-state index in [2.05, 4.69) is 17.3 Å². The summed E-state index contributed by atoms with van der Waals surface area (Å²) in [5.74, 6) is 0.756. The van der Waals surface area contributed by atoms with Gasteiger partial charge in [-0.05, 0) is 31.0 Å². The van der Waals surface area contributed by atoms with E-state index in [1.807, 2.05) is 19.3 Å². The van der Waals surface area contributed by atoms with Crippen LogP contribution in [0.15, 0.2) is 12.3 Å². The predicted molar refractivity (Wildman–Crippen MR) is 73.6 cm³/mol. The van der Waals surface area contributed by atoms with Crippen LogP contribution in [0.3, 0.4) is 0 Å². The lowest BCUT2D eigenvalue weighted by atomic mass is 10.0. The number of aromatic nitrogens is 4. The Morgan fingerprint density at radius 2 is 2.26 bits per heavy atom.